The Kier molecular flexibility index (Phi) is 12.7. The number of amides is 2. The van der Waals surface area contributed by atoms with E-state index >= 15 is 0 Å². The Bertz CT molecular complexity index is 594. The summed E-state index contributed by atoms with van der Waals surface area (Å²) in [4.78, 5) is 50.6. The maximum Gasteiger partial charge on any atom is 0.326 e. The summed E-state index contributed by atoms with van der Waals surface area (Å²) < 4.78 is 0. The first-order chi connectivity index (χ1) is 13.6. The number of unbranched alkanes of at least 4 members (excludes halogenated alkanes) is 1. The van der Waals surface area contributed by atoms with E-state index in [-0.39, 0.29) is 25.3 Å². The third kappa shape index (κ3) is 12.2. The largest absolute Gasteiger partial charge is 0.481 e. The number of aliphatic carboxylic acids is 2. The Labute approximate surface area is 168 Å². The number of rotatable bonds is 15. The predicted molar refractivity (Wildman–Crippen MR) is 105 cm³/mol. The zero-order valence-electron chi connectivity index (χ0n) is 16.2. The number of hydrogen-bond donors (Lipinski definition) is 8. The van der Waals surface area contributed by atoms with Crippen molar-refractivity contribution in [3.8, 4) is 0 Å². The first-order valence-electron chi connectivity index (χ1n) is 9.14. The number of nitrogens with one attached hydrogen (secondary N) is 2. The van der Waals surface area contributed by atoms with Crippen LogP contribution in [0.15, 0.2) is 4.99 Å². The van der Waals surface area contributed by atoms with Gasteiger partial charge in [-0.25, -0.2) is 4.79 Å². The zero-order chi connectivity index (χ0) is 22.4. The van der Waals surface area contributed by atoms with E-state index in [0.717, 1.165) is 0 Å². The van der Waals surface area contributed by atoms with Crippen molar-refractivity contribution < 1.29 is 29.4 Å². The van der Waals surface area contributed by atoms with Crippen molar-refractivity contribution in [1.29, 1.82) is 0 Å². The number of carboxylic acids is 2. The van der Waals surface area contributed by atoms with Crippen molar-refractivity contribution in [3.05, 3.63) is 0 Å². The summed E-state index contributed by atoms with van der Waals surface area (Å²) in [5.74, 6) is -4.38. The van der Waals surface area contributed by atoms with Gasteiger partial charge in [-0.2, -0.15) is 0 Å². The molecule has 3 atom stereocenters. The highest BCUT2D eigenvalue weighted by Gasteiger charge is 2.29. The minimum Gasteiger partial charge on any atom is -0.481 e. The van der Waals surface area contributed by atoms with Crippen molar-refractivity contribution >= 4 is 29.7 Å². The topological polar surface area (TPSA) is 249 Å². The molecular formula is C16H31N7O6. The molecule has 13 nitrogen and oxygen atoms in total. The van der Waals surface area contributed by atoms with E-state index in [4.69, 9.17) is 28.0 Å². The molecule has 0 aliphatic carbocycles. The molecule has 166 valence electrons. The second kappa shape index (κ2) is 14.1. The summed E-state index contributed by atoms with van der Waals surface area (Å²) in [6, 6.07) is -3.72. The molecule has 0 heterocycles. The van der Waals surface area contributed by atoms with E-state index in [2.05, 4.69) is 15.6 Å². The van der Waals surface area contributed by atoms with Crippen LogP contribution in [0.1, 0.15) is 38.5 Å². The van der Waals surface area contributed by atoms with Gasteiger partial charge in [0.15, 0.2) is 5.96 Å². The van der Waals surface area contributed by atoms with Crippen molar-refractivity contribution in [2.75, 3.05) is 13.1 Å². The molecule has 2 amide bonds. The van der Waals surface area contributed by atoms with Crippen LogP contribution in [0.25, 0.3) is 0 Å². The van der Waals surface area contributed by atoms with Gasteiger partial charge in [-0.15, -0.1) is 0 Å². The lowest BCUT2D eigenvalue weighted by atomic mass is 10.1. The summed E-state index contributed by atoms with van der Waals surface area (Å²) in [5.41, 5.74) is 21.5. The van der Waals surface area contributed by atoms with Crippen LogP contribution >= 0.6 is 0 Å². The second-order valence-electron chi connectivity index (χ2n) is 6.40. The highest BCUT2D eigenvalue weighted by molar-refractivity contribution is 5.93. The third-order valence-electron chi connectivity index (χ3n) is 3.88. The van der Waals surface area contributed by atoms with Gasteiger partial charge in [0.2, 0.25) is 11.8 Å². The fourth-order valence-corrected chi connectivity index (χ4v) is 2.34. The molecule has 0 aromatic carbocycles. The lowest BCUT2D eigenvalue weighted by molar-refractivity contribution is -0.143. The summed E-state index contributed by atoms with van der Waals surface area (Å²) in [6.07, 6.45) is 1.02. The van der Waals surface area contributed by atoms with Gasteiger partial charge in [0.25, 0.3) is 0 Å². The van der Waals surface area contributed by atoms with Crippen molar-refractivity contribution in [2.24, 2.45) is 27.9 Å². The number of carboxylic acid groups (broad SMARTS) is 2. The fourth-order valence-electron chi connectivity index (χ4n) is 2.34. The van der Waals surface area contributed by atoms with E-state index in [1.807, 2.05) is 0 Å². The van der Waals surface area contributed by atoms with Crippen LogP contribution in [0.5, 0.6) is 0 Å². The summed E-state index contributed by atoms with van der Waals surface area (Å²) in [5, 5.41) is 22.7. The number of hydrogen-bond acceptors (Lipinski definition) is 7. The molecule has 0 aliphatic rings. The van der Waals surface area contributed by atoms with Gasteiger partial charge >= 0.3 is 11.9 Å². The van der Waals surface area contributed by atoms with E-state index in [0.29, 0.717) is 25.8 Å². The monoisotopic (exact) mass is 417 g/mol. The molecule has 0 rings (SSSR count). The van der Waals surface area contributed by atoms with Gasteiger partial charge in [-0.1, -0.05) is 0 Å². The minimum atomic E-state index is -1.47. The molecule has 0 aromatic rings. The van der Waals surface area contributed by atoms with Gasteiger partial charge in [-0.05, 0) is 38.6 Å². The Balaban J connectivity index is 4.88. The molecule has 0 aromatic heterocycles. The first-order valence-corrected chi connectivity index (χ1v) is 9.14. The van der Waals surface area contributed by atoms with Crippen LogP contribution < -0.4 is 33.6 Å². The lowest BCUT2D eigenvalue weighted by Crippen LogP contribution is -2.55. The van der Waals surface area contributed by atoms with Crippen LogP contribution in [0.2, 0.25) is 0 Å². The van der Waals surface area contributed by atoms with Crippen molar-refractivity contribution in [3.63, 3.8) is 0 Å². The van der Waals surface area contributed by atoms with Gasteiger partial charge in [0.1, 0.15) is 12.1 Å². The predicted octanol–water partition coefficient (Wildman–Crippen LogP) is -2.97. The number of carbonyl (C=O) groups excluding carboxylic acids is 2. The average molecular weight is 417 g/mol. The Hall–Kier alpha value is -2.93. The number of carbonyl (C=O) groups is 4. The quantitative estimate of drug-likeness (QED) is 0.0762. The van der Waals surface area contributed by atoms with Crippen molar-refractivity contribution in [2.45, 2.75) is 56.7 Å². The summed E-state index contributed by atoms with van der Waals surface area (Å²) >= 11 is 0. The van der Waals surface area contributed by atoms with Crippen molar-refractivity contribution in [1.82, 2.24) is 10.6 Å². The fraction of sp³-hybridized carbons (Fsp3) is 0.688. The van der Waals surface area contributed by atoms with E-state index in [1.54, 1.807) is 0 Å². The van der Waals surface area contributed by atoms with Gasteiger partial charge < -0.3 is 43.8 Å². The molecule has 0 bridgehead atoms. The number of guanidine groups is 1. The Morgan fingerprint density at radius 2 is 1.52 bits per heavy atom. The average Bonchev–Trinajstić information content (AvgIpc) is 2.62. The lowest BCUT2D eigenvalue weighted by Gasteiger charge is -2.22. The number of nitrogens with zero attached hydrogens (tertiary/aromatic N) is 1. The normalized spacial score (nSPS) is 13.6. The van der Waals surface area contributed by atoms with Crippen LogP contribution in [0.4, 0.5) is 0 Å². The molecule has 12 N–H and O–H groups in total. The van der Waals surface area contributed by atoms with Crippen LogP contribution in [-0.2, 0) is 19.2 Å². The standard InChI is InChI=1S/C16H31N7O6/c17-6-2-1-5-10(15(28)29)22-14(27)11(8-12(24)25)23-13(26)9(18)4-3-7-21-16(19)20/h9-11H,1-8,17-18H2,(H,22,27)(H,23,26)(H,24,25)(H,28,29)(H4,19,20,21)/t9-,10-,11-/m0/s1. The van der Waals surface area contributed by atoms with E-state index in [1.165, 1.54) is 0 Å². The van der Waals surface area contributed by atoms with Gasteiger partial charge in [0, 0.05) is 6.54 Å². The zero-order valence-corrected chi connectivity index (χ0v) is 16.2. The minimum absolute atomic E-state index is 0.0966. The first kappa shape index (κ1) is 26.1. The van der Waals surface area contributed by atoms with Gasteiger partial charge in [-0.3, -0.25) is 19.4 Å². The molecule has 0 spiro atoms. The molecule has 13 heteroatoms. The molecule has 0 saturated carbocycles. The number of nitrogens with two attached hydrogens (primary N) is 4. The summed E-state index contributed by atoms with van der Waals surface area (Å²) in [6.45, 7) is 0.629. The molecule has 0 aliphatic heterocycles. The molecule has 0 saturated heterocycles. The Morgan fingerprint density at radius 1 is 0.897 bits per heavy atom. The molecule has 0 radical (unpaired) electrons. The highest BCUT2D eigenvalue weighted by atomic mass is 16.4. The molecule has 0 fully saturated rings. The Morgan fingerprint density at radius 3 is 2.03 bits per heavy atom. The van der Waals surface area contributed by atoms with E-state index < -0.39 is 48.3 Å². The van der Waals surface area contributed by atoms with Gasteiger partial charge in [0.05, 0.1) is 12.5 Å². The SMILES string of the molecule is NCCCC[C@H](NC(=O)[C@H](CC(=O)O)NC(=O)[C@@H](N)CCCN=C(N)N)C(=O)O. The molecule has 29 heavy (non-hydrogen) atoms. The second-order valence-corrected chi connectivity index (χ2v) is 6.40. The van der Waals surface area contributed by atoms with Crippen LogP contribution in [-0.4, -0.2) is 71.1 Å². The maximum atomic E-state index is 12.4. The summed E-state index contributed by atoms with van der Waals surface area (Å²) in [7, 11) is 0. The number of aliphatic imine (C=N–C) groups is 1. The highest BCUT2D eigenvalue weighted by Crippen LogP contribution is 2.04. The smallest absolute Gasteiger partial charge is 0.326 e. The van der Waals surface area contributed by atoms with Crippen LogP contribution in [0, 0.1) is 0 Å². The molecule has 0 unspecified atom stereocenters. The maximum absolute atomic E-state index is 12.4. The molecular weight excluding hydrogens is 386 g/mol. The third-order valence-corrected chi connectivity index (χ3v) is 3.88. The van der Waals surface area contributed by atoms with E-state index in [9.17, 15) is 24.3 Å². The van der Waals surface area contributed by atoms with Crippen LogP contribution in [0.3, 0.4) is 0 Å².